The fourth-order valence-corrected chi connectivity index (χ4v) is 6.03. The van der Waals surface area contributed by atoms with E-state index in [2.05, 4.69) is 109 Å². The Hall–Kier alpha value is -3.90. The minimum Gasteiger partial charge on any atom is -0.0836 e. The molecule has 0 N–H and O–H groups in total. The first-order chi connectivity index (χ1) is 16.9. The van der Waals surface area contributed by atoms with Gasteiger partial charge in [-0.2, -0.15) is 0 Å². The summed E-state index contributed by atoms with van der Waals surface area (Å²) in [5, 5.41) is 11.1. The van der Waals surface area contributed by atoms with Crippen molar-refractivity contribution in [3.63, 3.8) is 0 Å². The molecule has 0 bridgehead atoms. The van der Waals surface area contributed by atoms with Crippen molar-refractivity contribution in [3.05, 3.63) is 130 Å². The zero-order valence-electron chi connectivity index (χ0n) is 19.2. The lowest BCUT2D eigenvalue weighted by molar-refractivity contribution is 1.000. The van der Waals surface area contributed by atoms with Crippen LogP contribution >= 0.6 is 0 Å². The Bertz CT molecular complexity index is 1660. The van der Waals surface area contributed by atoms with Crippen molar-refractivity contribution in [2.45, 2.75) is 25.7 Å². The summed E-state index contributed by atoms with van der Waals surface area (Å²) in [5.41, 5.74) is 6.15. The molecule has 0 heteroatoms. The number of fused-ring (bicyclic) bond motifs is 4. The number of hydrogen-bond acceptors (Lipinski definition) is 0. The van der Waals surface area contributed by atoms with E-state index in [0.717, 1.165) is 12.8 Å². The highest BCUT2D eigenvalue weighted by Gasteiger charge is 2.16. The van der Waals surface area contributed by atoms with Gasteiger partial charge >= 0.3 is 0 Å². The van der Waals surface area contributed by atoms with E-state index in [9.17, 15) is 0 Å². The van der Waals surface area contributed by atoms with Gasteiger partial charge in [0.15, 0.2) is 0 Å². The van der Waals surface area contributed by atoms with Crippen LogP contribution in [0.1, 0.15) is 24.0 Å². The molecular weight excluding hydrogens is 408 g/mol. The van der Waals surface area contributed by atoms with Gasteiger partial charge in [0, 0.05) is 0 Å². The summed E-state index contributed by atoms with van der Waals surface area (Å²) in [7, 11) is 0. The molecule has 0 aromatic heterocycles. The number of benzene rings is 5. The molecule has 3 aliphatic rings. The van der Waals surface area contributed by atoms with E-state index in [1.165, 1.54) is 61.2 Å². The summed E-state index contributed by atoms with van der Waals surface area (Å²) in [6.07, 6.45) is 18.3. The van der Waals surface area contributed by atoms with Crippen LogP contribution in [-0.4, -0.2) is 0 Å². The smallest absolute Gasteiger partial charge is 0.00268 e. The molecule has 0 nitrogen and oxygen atoms in total. The predicted molar refractivity (Wildman–Crippen MR) is 147 cm³/mol. The first kappa shape index (κ1) is 19.6. The topological polar surface area (TPSA) is 0 Å². The number of allylic oxidation sites excluding steroid dienone is 6. The van der Waals surface area contributed by atoms with Gasteiger partial charge in [-0.05, 0) is 90.7 Å². The van der Waals surface area contributed by atoms with Gasteiger partial charge in [0.05, 0.1) is 0 Å². The number of hydrogen-bond donors (Lipinski definition) is 0. The quantitative estimate of drug-likeness (QED) is 0.227. The van der Waals surface area contributed by atoms with Crippen LogP contribution in [0, 0.1) is 0 Å². The van der Waals surface area contributed by atoms with Crippen LogP contribution < -0.4 is 10.4 Å². The summed E-state index contributed by atoms with van der Waals surface area (Å²) in [6, 6.07) is 26.5. The minimum atomic E-state index is 1.10. The van der Waals surface area contributed by atoms with Crippen LogP contribution in [0.4, 0.5) is 0 Å². The van der Waals surface area contributed by atoms with Gasteiger partial charge < -0.3 is 0 Å². The molecule has 3 aliphatic carbocycles. The number of rotatable bonds is 0. The molecule has 34 heavy (non-hydrogen) atoms. The molecule has 5 aromatic rings. The summed E-state index contributed by atoms with van der Waals surface area (Å²) in [4.78, 5) is 0. The molecule has 8 rings (SSSR count). The molecule has 0 spiro atoms. The van der Waals surface area contributed by atoms with Gasteiger partial charge in [-0.1, -0.05) is 109 Å². The van der Waals surface area contributed by atoms with Crippen LogP contribution in [0.5, 0.6) is 0 Å². The van der Waals surface area contributed by atoms with E-state index < -0.39 is 0 Å². The summed E-state index contributed by atoms with van der Waals surface area (Å²) >= 11 is 0. The maximum Gasteiger partial charge on any atom is -0.00268 e. The van der Waals surface area contributed by atoms with Gasteiger partial charge in [-0.3, -0.25) is 0 Å². The van der Waals surface area contributed by atoms with Gasteiger partial charge in [-0.25, -0.2) is 0 Å². The van der Waals surface area contributed by atoms with Gasteiger partial charge in [-0.15, -0.1) is 0 Å². The van der Waals surface area contributed by atoms with Crippen molar-refractivity contribution < 1.29 is 0 Å². The standard InChI is InChI=1S/C18H16.C16H10/c1-3-7-15-13(5-1)9-11-18-16-8-4-2-6-14(16)10-12-17(15)18;1-3-11-7-9-13-5-2-6-14-10-8-12(4-1)15(11)16(13)14/h1-3,5-6,9-11H,4,7-8,12H2;1-10H. The third-order valence-electron chi connectivity index (χ3n) is 7.65. The zero-order chi connectivity index (χ0) is 22.5. The fourth-order valence-electron chi connectivity index (χ4n) is 6.03. The summed E-state index contributed by atoms with van der Waals surface area (Å²) in [6.45, 7) is 0. The van der Waals surface area contributed by atoms with E-state index in [4.69, 9.17) is 0 Å². The van der Waals surface area contributed by atoms with Crippen molar-refractivity contribution in [1.82, 2.24) is 0 Å². The molecule has 0 atom stereocenters. The molecule has 0 amide bonds. The highest BCUT2D eigenvalue weighted by molar-refractivity contribution is 6.22. The normalized spacial score (nSPS) is 15.9. The maximum atomic E-state index is 2.41. The SMILES string of the molecule is C1=CCc2c3c(ccc2=C1)=C1CCC=CC1=CC3.c1cc2ccc3cccc4ccc(c1)c2c34. The maximum absolute atomic E-state index is 2.41. The average molecular weight is 435 g/mol. The monoisotopic (exact) mass is 434 g/mol. The van der Waals surface area contributed by atoms with Crippen molar-refractivity contribution in [2.75, 3.05) is 0 Å². The highest BCUT2D eigenvalue weighted by Crippen LogP contribution is 2.34. The zero-order valence-corrected chi connectivity index (χ0v) is 19.2. The Morgan fingerprint density at radius 1 is 0.588 bits per heavy atom. The van der Waals surface area contributed by atoms with E-state index in [1.807, 2.05) is 0 Å². The second-order valence-electron chi connectivity index (χ2n) is 9.53. The molecule has 5 aromatic carbocycles. The Labute approximate surface area is 199 Å². The largest absolute Gasteiger partial charge is 0.0836 e. The second kappa shape index (κ2) is 7.85. The average Bonchev–Trinajstić information content (AvgIpc) is 2.92. The lowest BCUT2D eigenvalue weighted by Crippen LogP contribution is -2.26. The van der Waals surface area contributed by atoms with Gasteiger partial charge in [0.2, 0.25) is 0 Å². The molecular formula is C34H26. The molecule has 0 radical (unpaired) electrons. The van der Waals surface area contributed by atoms with Crippen LogP contribution in [0.2, 0.25) is 0 Å². The van der Waals surface area contributed by atoms with E-state index in [1.54, 1.807) is 16.7 Å². The lowest BCUT2D eigenvalue weighted by atomic mass is 9.83. The molecule has 0 saturated carbocycles. The summed E-state index contributed by atoms with van der Waals surface area (Å²) < 4.78 is 0. The van der Waals surface area contributed by atoms with Crippen molar-refractivity contribution in [2.24, 2.45) is 0 Å². The molecule has 0 fully saturated rings. The highest BCUT2D eigenvalue weighted by atomic mass is 14.2. The molecule has 0 heterocycles. The van der Waals surface area contributed by atoms with E-state index in [-0.39, 0.29) is 0 Å². The Kier molecular flexibility index (Phi) is 4.52. The second-order valence-corrected chi connectivity index (χ2v) is 9.53. The van der Waals surface area contributed by atoms with Crippen LogP contribution in [0.15, 0.2) is 109 Å². The first-order valence-electron chi connectivity index (χ1n) is 12.4. The van der Waals surface area contributed by atoms with Gasteiger partial charge in [0.1, 0.15) is 0 Å². The molecule has 0 saturated heterocycles. The van der Waals surface area contributed by atoms with Crippen molar-refractivity contribution in [1.29, 1.82) is 0 Å². The third kappa shape index (κ3) is 3.06. The molecule has 0 aliphatic heterocycles. The molecule has 162 valence electrons. The van der Waals surface area contributed by atoms with Crippen LogP contribution in [-0.2, 0) is 12.8 Å². The Morgan fingerprint density at radius 2 is 1.26 bits per heavy atom. The minimum absolute atomic E-state index is 1.10. The predicted octanol–water partition coefficient (Wildman–Crippen LogP) is 7.15. The Morgan fingerprint density at radius 3 is 1.94 bits per heavy atom. The van der Waals surface area contributed by atoms with Crippen molar-refractivity contribution >= 4 is 44.0 Å². The van der Waals surface area contributed by atoms with E-state index in [0.29, 0.717) is 0 Å². The first-order valence-corrected chi connectivity index (χ1v) is 12.4. The lowest BCUT2D eigenvalue weighted by Gasteiger charge is -2.21. The van der Waals surface area contributed by atoms with Crippen LogP contribution in [0.25, 0.3) is 44.0 Å². The fraction of sp³-hybridized carbons (Fsp3) is 0.118. The summed E-state index contributed by atoms with van der Waals surface area (Å²) in [5.74, 6) is 0. The van der Waals surface area contributed by atoms with Gasteiger partial charge in [0.25, 0.3) is 0 Å². The molecule has 0 unspecified atom stereocenters. The third-order valence-corrected chi connectivity index (χ3v) is 7.65. The van der Waals surface area contributed by atoms with E-state index >= 15 is 0 Å². The Balaban J connectivity index is 0.000000118. The van der Waals surface area contributed by atoms with Crippen molar-refractivity contribution in [3.8, 4) is 0 Å². The van der Waals surface area contributed by atoms with Crippen LogP contribution in [0.3, 0.4) is 0 Å².